The molecular weight excluding hydrogens is 373 g/mol. The van der Waals surface area contributed by atoms with Gasteiger partial charge in [0.2, 0.25) is 0 Å². The molecule has 0 saturated heterocycles. The molecule has 0 saturated carbocycles. The van der Waals surface area contributed by atoms with Crippen LogP contribution >= 0.6 is 0 Å². The molecule has 0 amide bonds. The van der Waals surface area contributed by atoms with Gasteiger partial charge in [-0.1, -0.05) is 0 Å². The molecule has 3 heteroatoms. The Morgan fingerprint density at radius 2 is 1.80 bits per heavy atom. The van der Waals surface area contributed by atoms with Crippen molar-refractivity contribution in [3.8, 4) is 0 Å². The fourth-order valence-electron chi connectivity index (χ4n) is 4.03. The van der Waals surface area contributed by atoms with Gasteiger partial charge in [-0.2, -0.15) is 0 Å². The van der Waals surface area contributed by atoms with Crippen molar-refractivity contribution in [2.45, 2.75) is 39.5 Å². The summed E-state index contributed by atoms with van der Waals surface area (Å²) in [6.07, 6.45) is 4.96. The average molecular weight is 394 g/mol. The number of fused-ring (bicyclic) bond motifs is 3. The van der Waals surface area contributed by atoms with Crippen molar-refractivity contribution >= 4 is 41.1 Å². The van der Waals surface area contributed by atoms with Crippen LogP contribution in [0, 0.1) is 13.8 Å². The average Bonchev–Trinajstić information content (AvgIpc) is 2.98. The van der Waals surface area contributed by atoms with Gasteiger partial charge in [-0.05, 0) is 0 Å². The molecule has 5 rings (SSSR count). The van der Waals surface area contributed by atoms with Crippen molar-refractivity contribution in [2.24, 2.45) is 0 Å². The molecule has 0 radical (unpaired) electrons. The van der Waals surface area contributed by atoms with E-state index in [4.69, 9.17) is 4.42 Å². The number of aryl methyl sites for hydroxylation is 3. The van der Waals surface area contributed by atoms with Crippen molar-refractivity contribution in [1.29, 1.82) is 0 Å². The van der Waals surface area contributed by atoms with Crippen LogP contribution in [-0.2, 0) is 12.8 Å². The second-order valence-electron chi connectivity index (χ2n) is 7.06. The molecule has 2 nitrogen and oxygen atoms in total. The quantitative estimate of drug-likeness (QED) is 0.450. The van der Waals surface area contributed by atoms with Crippen molar-refractivity contribution in [1.82, 2.24) is 0 Å². The topological polar surface area (TPSA) is 16.4 Å². The summed E-state index contributed by atoms with van der Waals surface area (Å²) < 4.78 is 9.00. The molecule has 3 aromatic rings. The van der Waals surface area contributed by atoms with E-state index < -0.39 is 0 Å². The van der Waals surface area contributed by atoms with Crippen LogP contribution in [0.15, 0.2) is 46.9 Å². The molecule has 2 aromatic carbocycles. The van der Waals surface area contributed by atoms with Gasteiger partial charge in [0.15, 0.2) is 0 Å². The Labute approximate surface area is 155 Å². The fraction of sp³-hybridized carbons (Fsp3) is 0.273. The van der Waals surface area contributed by atoms with E-state index in [-0.39, 0.29) is 0 Å². The molecule has 0 unspecified atom stereocenters. The maximum absolute atomic E-state index is 6.19. The van der Waals surface area contributed by atoms with Gasteiger partial charge in [-0.25, -0.2) is 0 Å². The first-order valence-electron chi connectivity index (χ1n) is 9.00. The third kappa shape index (κ3) is 2.46. The predicted molar refractivity (Wildman–Crippen MR) is 105 cm³/mol. The van der Waals surface area contributed by atoms with Gasteiger partial charge in [-0.3, -0.25) is 0 Å². The van der Waals surface area contributed by atoms with Crippen LogP contribution in [0.5, 0.6) is 0 Å². The van der Waals surface area contributed by atoms with E-state index >= 15 is 0 Å². The molecule has 1 aliphatic heterocycles. The summed E-state index contributed by atoms with van der Waals surface area (Å²) in [6, 6.07) is 15.9. The summed E-state index contributed by atoms with van der Waals surface area (Å²) in [5.41, 5.74) is 6.96. The second kappa shape index (κ2) is 5.79. The molecule has 126 valence electrons. The van der Waals surface area contributed by atoms with Crippen molar-refractivity contribution < 1.29 is 4.42 Å². The first kappa shape index (κ1) is 15.3. The van der Waals surface area contributed by atoms with Crippen LogP contribution < -0.4 is 13.8 Å². The molecule has 0 N–H and O–H groups in total. The van der Waals surface area contributed by atoms with Crippen molar-refractivity contribution in [2.75, 3.05) is 4.90 Å². The minimum atomic E-state index is 0.305. The molecule has 25 heavy (non-hydrogen) atoms. The van der Waals surface area contributed by atoms with Crippen LogP contribution in [0.4, 0.5) is 17.3 Å². The Hall–Kier alpha value is -1.96. The van der Waals surface area contributed by atoms with Gasteiger partial charge in [0.1, 0.15) is 0 Å². The first-order chi connectivity index (χ1) is 12.2. The summed E-state index contributed by atoms with van der Waals surface area (Å²) in [5, 5.41) is 0. The number of benzene rings is 2. The number of hydrogen-bond donors (Lipinski definition) is 0. The van der Waals surface area contributed by atoms with E-state index in [1.54, 1.807) is 0 Å². The molecule has 0 atom stereocenters. The molecule has 2 aliphatic rings. The maximum atomic E-state index is 6.19. The third-order valence-electron chi connectivity index (χ3n) is 5.19. The molecular formula is C22H21NOSe. The van der Waals surface area contributed by atoms with Crippen LogP contribution in [0.25, 0.3) is 0 Å². The normalized spacial score (nSPS) is 15.5. The molecule has 1 aliphatic carbocycles. The van der Waals surface area contributed by atoms with E-state index in [1.165, 1.54) is 62.7 Å². The van der Waals surface area contributed by atoms with Crippen LogP contribution in [-0.4, -0.2) is 15.0 Å². The summed E-state index contributed by atoms with van der Waals surface area (Å²) in [4.78, 5) is 2.38. The Bertz CT molecular complexity index is 972. The third-order valence-corrected chi connectivity index (χ3v) is 7.42. The SMILES string of the molecule is Cc1ccc2c(c1)[Se]c1cc(C)oc1N2c1cccc2c1CCCC2. The summed E-state index contributed by atoms with van der Waals surface area (Å²) in [7, 11) is 0. The number of anilines is 3. The van der Waals surface area contributed by atoms with E-state index in [1.807, 2.05) is 0 Å². The van der Waals surface area contributed by atoms with E-state index in [2.05, 4.69) is 61.2 Å². The Morgan fingerprint density at radius 1 is 0.920 bits per heavy atom. The first-order valence-corrected chi connectivity index (χ1v) is 10.7. The second-order valence-corrected chi connectivity index (χ2v) is 9.33. The predicted octanol–water partition coefficient (Wildman–Crippen LogP) is 4.21. The standard InChI is InChI=1S/C22H21NOSe/c1-14-10-11-19-20(12-14)25-21-13-15(2)24-22(21)23(19)18-9-5-7-16-6-3-4-8-17(16)18/h5,7,9-13H,3-4,6,8H2,1-2H3. The van der Waals surface area contributed by atoms with Gasteiger partial charge in [0.25, 0.3) is 0 Å². The van der Waals surface area contributed by atoms with Gasteiger partial charge < -0.3 is 0 Å². The van der Waals surface area contributed by atoms with Crippen LogP contribution in [0.3, 0.4) is 0 Å². The van der Waals surface area contributed by atoms with Crippen LogP contribution in [0.2, 0.25) is 0 Å². The summed E-state index contributed by atoms with van der Waals surface area (Å²) in [6.45, 7) is 4.24. The Kier molecular flexibility index (Phi) is 3.55. The molecule has 0 fully saturated rings. The van der Waals surface area contributed by atoms with Gasteiger partial charge in [-0.15, -0.1) is 0 Å². The van der Waals surface area contributed by atoms with Crippen molar-refractivity contribution in [3.05, 3.63) is 64.9 Å². The van der Waals surface area contributed by atoms with E-state index in [0.717, 1.165) is 11.6 Å². The Balaban J connectivity index is 1.76. The fourth-order valence-corrected chi connectivity index (χ4v) is 6.53. The number of hydrogen-bond acceptors (Lipinski definition) is 2. The molecule has 2 heterocycles. The van der Waals surface area contributed by atoms with Gasteiger partial charge in [0, 0.05) is 0 Å². The van der Waals surface area contributed by atoms with Gasteiger partial charge >= 0.3 is 155 Å². The number of rotatable bonds is 1. The zero-order valence-electron chi connectivity index (χ0n) is 14.6. The van der Waals surface area contributed by atoms with Crippen molar-refractivity contribution in [3.63, 3.8) is 0 Å². The molecule has 1 aromatic heterocycles. The number of nitrogens with zero attached hydrogens (tertiary/aromatic N) is 1. The summed E-state index contributed by atoms with van der Waals surface area (Å²) >= 11 is 0.305. The number of furan rings is 1. The summed E-state index contributed by atoms with van der Waals surface area (Å²) in [5.74, 6) is 2.04. The van der Waals surface area contributed by atoms with E-state index in [0.29, 0.717) is 15.0 Å². The van der Waals surface area contributed by atoms with E-state index in [9.17, 15) is 0 Å². The minimum absolute atomic E-state index is 0.305. The zero-order chi connectivity index (χ0) is 17.0. The molecule has 0 spiro atoms. The monoisotopic (exact) mass is 395 g/mol. The Morgan fingerprint density at radius 3 is 2.72 bits per heavy atom. The van der Waals surface area contributed by atoms with Gasteiger partial charge in [0.05, 0.1) is 0 Å². The zero-order valence-corrected chi connectivity index (χ0v) is 16.3. The van der Waals surface area contributed by atoms with Crippen LogP contribution in [0.1, 0.15) is 35.3 Å². The molecule has 0 bridgehead atoms.